The Kier molecular flexibility index (Phi) is 4.29. The predicted octanol–water partition coefficient (Wildman–Crippen LogP) is 1.39. The Morgan fingerprint density at radius 3 is 3.00 bits per heavy atom. The summed E-state index contributed by atoms with van der Waals surface area (Å²) in [5, 5.41) is 3.12. The molecule has 5 heteroatoms. The van der Waals surface area contributed by atoms with E-state index in [1.54, 1.807) is 12.1 Å². The van der Waals surface area contributed by atoms with Crippen molar-refractivity contribution in [1.82, 2.24) is 10.2 Å². The number of nitrogens with two attached hydrogens (primary N) is 1. The van der Waals surface area contributed by atoms with Crippen LogP contribution in [-0.4, -0.2) is 42.6 Å². The quantitative estimate of drug-likeness (QED) is 0.822. The Labute approximate surface area is 125 Å². The van der Waals surface area contributed by atoms with E-state index >= 15 is 0 Å². The van der Waals surface area contributed by atoms with Crippen LogP contribution >= 0.6 is 0 Å². The third-order valence-corrected chi connectivity index (χ3v) is 4.48. The van der Waals surface area contributed by atoms with Gasteiger partial charge in [-0.1, -0.05) is 18.6 Å². The SMILES string of the molecule is Nc1ccccc1OCC(=O)NC1CCN2CCCCC12. The van der Waals surface area contributed by atoms with Gasteiger partial charge in [0.15, 0.2) is 6.61 Å². The van der Waals surface area contributed by atoms with E-state index in [0.717, 1.165) is 13.0 Å². The Bertz CT molecular complexity index is 506. The van der Waals surface area contributed by atoms with Crippen LogP contribution in [0.5, 0.6) is 5.75 Å². The van der Waals surface area contributed by atoms with E-state index in [0.29, 0.717) is 17.5 Å². The number of anilines is 1. The molecule has 0 spiro atoms. The molecule has 2 aliphatic heterocycles. The van der Waals surface area contributed by atoms with Gasteiger partial charge in [0.2, 0.25) is 0 Å². The summed E-state index contributed by atoms with van der Waals surface area (Å²) in [5.41, 5.74) is 6.35. The molecule has 3 N–H and O–H groups in total. The van der Waals surface area contributed by atoms with Crippen LogP contribution in [0.1, 0.15) is 25.7 Å². The molecule has 3 rings (SSSR count). The second-order valence-corrected chi connectivity index (χ2v) is 5.89. The number of fused-ring (bicyclic) bond motifs is 1. The number of benzene rings is 1. The zero-order valence-corrected chi connectivity index (χ0v) is 12.3. The number of carbonyl (C=O) groups excluding carboxylic acids is 1. The highest BCUT2D eigenvalue weighted by Gasteiger charge is 2.36. The zero-order chi connectivity index (χ0) is 14.7. The predicted molar refractivity (Wildman–Crippen MR) is 82.1 cm³/mol. The topological polar surface area (TPSA) is 67.6 Å². The van der Waals surface area contributed by atoms with Gasteiger partial charge in [0.25, 0.3) is 5.91 Å². The lowest BCUT2D eigenvalue weighted by molar-refractivity contribution is -0.124. The molecule has 2 atom stereocenters. The van der Waals surface area contributed by atoms with Crippen LogP contribution in [0.3, 0.4) is 0 Å². The third kappa shape index (κ3) is 3.29. The van der Waals surface area contributed by atoms with Crippen molar-refractivity contribution in [3.63, 3.8) is 0 Å². The number of piperidine rings is 1. The number of ether oxygens (including phenoxy) is 1. The smallest absolute Gasteiger partial charge is 0.258 e. The molecule has 1 amide bonds. The van der Waals surface area contributed by atoms with Gasteiger partial charge in [-0.05, 0) is 37.9 Å². The number of amides is 1. The van der Waals surface area contributed by atoms with Crippen LogP contribution in [0.4, 0.5) is 5.69 Å². The van der Waals surface area contributed by atoms with Crippen LogP contribution in [0, 0.1) is 0 Å². The lowest BCUT2D eigenvalue weighted by Gasteiger charge is -2.32. The molecule has 2 fully saturated rings. The molecule has 0 bridgehead atoms. The van der Waals surface area contributed by atoms with Crippen molar-refractivity contribution in [2.24, 2.45) is 0 Å². The summed E-state index contributed by atoms with van der Waals surface area (Å²) in [6, 6.07) is 8.03. The van der Waals surface area contributed by atoms with Gasteiger partial charge in [0.1, 0.15) is 5.75 Å². The van der Waals surface area contributed by atoms with E-state index in [2.05, 4.69) is 10.2 Å². The van der Waals surface area contributed by atoms with Crippen LogP contribution < -0.4 is 15.8 Å². The average Bonchev–Trinajstić information content (AvgIpc) is 2.90. The third-order valence-electron chi connectivity index (χ3n) is 4.48. The van der Waals surface area contributed by atoms with Gasteiger partial charge in [-0.25, -0.2) is 0 Å². The molecule has 1 aromatic carbocycles. The van der Waals surface area contributed by atoms with E-state index in [1.165, 1.54) is 25.8 Å². The van der Waals surface area contributed by atoms with Crippen molar-refractivity contribution in [1.29, 1.82) is 0 Å². The van der Waals surface area contributed by atoms with E-state index < -0.39 is 0 Å². The Hall–Kier alpha value is -1.75. The standard InChI is InChI=1S/C16H23N3O2/c17-12-5-1-2-7-15(12)21-11-16(20)18-13-8-10-19-9-4-3-6-14(13)19/h1-2,5,7,13-14H,3-4,6,8-11,17H2,(H,18,20). The minimum atomic E-state index is -0.0596. The minimum absolute atomic E-state index is 0.0252. The molecule has 0 aromatic heterocycles. The average molecular weight is 289 g/mol. The highest BCUT2D eigenvalue weighted by molar-refractivity contribution is 5.78. The summed E-state index contributed by atoms with van der Waals surface area (Å²) in [6.45, 7) is 2.30. The van der Waals surface area contributed by atoms with Gasteiger partial charge >= 0.3 is 0 Å². The molecule has 1 aromatic rings. The number of para-hydroxylation sites is 2. The van der Waals surface area contributed by atoms with Gasteiger partial charge in [-0.2, -0.15) is 0 Å². The van der Waals surface area contributed by atoms with E-state index in [-0.39, 0.29) is 18.6 Å². The maximum absolute atomic E-state index is 12.1. The molecule has 2 saturated heterocycles. The van der Waals surface area contributed by atoms with Crippen molar-refractivity contribution in [3.05, 3.63) is 24.3 Å². The van der Waals surface area contributed by atoms with E-state index in [1.807, 2.05) is 12.1 Å². The lowest BCUT2D eigenvalue weighted by Crippen LogP contribution is -2.47. The van der Waals surface area contributed by atoms with Crippen molar-refractivity contribution in [2.75, 3.05) is 25.4 Å². The summed E-state index contributed by atoms with van der Waals surface area (Å²) in [6.07, 6.45) is 4.79. The largest absolute Gasteiger partial charge is 0.482 e. The molecular weight excluding hydrogens is 266 g/mol. The highest BCUT2D eigenvalue weighted by Crippen LogP contribution is 2.27. The summed E-state index contributed by atoms with van der Waals surface area (Å²) in [5.74, 6) is 0.508. The molecule has 114 valence electrons. The molecule has 0 saturated carbocycles. The van der Waals surface area contributed by atoms with Gasteiger partial charge < -0.3 is 15.8 Å². The maximum Gasteiger partial charge on any atom is 0.258 e. The molecule has 2 unspecified atom stereocenters. The number of hydrogen-bond donors (Lipinski definition) is 2. The number of nitrogen functional groups attached to an aromatic ring is 1. The number of hydrogen-bond acceptors (Lipinski definition) is 4. The molecular formula is C16H23N3O2. The molecule has 5 nitrogen and oxygen atoms in total. The highest BCUT2D eigenvalue weighted by atomic mass is 16.5. The Morgan fingerprint density at radius 2 is 2.14 bits per heavy atom. The maximum atomic E-state index is 12.1. The fourth-order valence-corrected chi connectivity index (χ4v) is 3.42. The van der Waals surface area contributed by atoms with Crippen LogP contribution in [0.15, 0.2) is 24.3 Å². The monoisotopic (exact) mass is 289 g/mol. The second-order valence-electron chi connectivity index (χ2n) is 5.89. The molecule has 0 radical (unpaired) electrons. The Balaban J connectivity index is 1.49. The summed E-state index contributed by atoms with van der Waals surface area (Å²) < 4.78 is 5.49. The van der Waals surface area contributed by atoms with Gasteiger partial charge in [-0.15, -0.1) is 0 Å². The van der Waals surface area contributed by atoms with Crippen molar-refractivity contribution in [3.8, 4) is 5.75 Å². The molecule has 21 heavy (non-hydrogen) atoms. The second kappa shape index (κ2) is 6.35. The first-order valence-corrected chi connectivity index (χ1v) is 7.75. The van der Waals surface area contributed by atoms with E-state index in [9.17, 15) is 4.79 Å². The van der Waals surface area contributed by atoms with Crippen LogP contribution in [0.2, 0.25) is 0 Å². The van der Waals surface area contributed by atoms with Gasteiger partial charge in [0.05, 0.1) is 5.69 Å². The summed E-state index contributed by atoms with van der Waals surface area (Å²) in [7, 11) is 0. The van der Waals surface area contributed by atoms with Gasteiger partial charge in [0, 0.05) is 18.6 Å². The summed E-state index contributed by atoms with van der Waals surface area (Å²) >= 11 is 0. The van der Waals surface area contributed by atoms with E-state index in [4.69, 9.17) is 10.5 Å². The first-order chi connectivity index (χ1) is 10.2. The minimum Gasteiger partial charge on any atom is -0.482 e. The first kappa shape index (κ1) is 14.2. The zero-order valence-electron chi connectivity index (χ0n) is 12.3. The number of nitrogens with zero attached hydrogens (tertiary/aromatic N) is 1. The van der Waals surface area contributed by atoms with Crippen LogP contribution in [-0.2, 0) is 4.79 Å². The number of carbonyl (C=O) groups is 1. The number of rotatable bonds is 4. The molecule has 2 aliphatic rings. The fourth-order valence-electron chi connectivity index (χ4n) is 3.42. The van der Waals surface area contributed by atoms with Crippen molar-refractivity contribution < 1.29 is 9.53 Å². The first-order valence-electron chi connectivity index (χ1n) is 7.75. The van der Waals surface area contributed by atoms with Crippen LogP contribution in [0.25, 0.3) is 0 Å². The fraction of sp³-hybridized carbons (Fsp3) is 0.562. The number of nitrogens with one attached hydrogen (secondary N) is 1. The Morgan fingerprint density at radius 1 is 1.29 bits per heavy atom. The lowest BCUT2D eigenvalue weighted by atomic mass is 9.99. The molecule has 2 heterocycles. The van der Waals surface area contributed by atoms with Gasteiger partial charge in [-0.3, -0.25) is 9.69 Å². The van der Waals surface area contributed by atoms with Crippen molar-refractivity contribution in [2.45, 2.75) is 37.8 Å². The summed E-state index contributed by atoms with van der Waals surface area (Å²) in [4.78, 5) is 14.6. The normalized spacial score (nSPS) is 25.3. The van der Waals surface area contributed by atoms with Crippen molar-refractivity contribution >= 4 is 11.6 Å². The molecule has 0 aliphatic carbocycles.